The van der Waals surface area contributed by atoms with Gasteiger partial charge >= 0.3 is 5.97 Å². The minimum absolute atomic E-state index is 0.391. The second-order valence-corrected chi connectivity index (χ2v) is 4.97. The molecule has 96 valence electrons. The molecule has 0 aliphatic heterocycles. The van der Waals surface area contributed by atoms with E-state index in [0.29, 0.717) is 17.4 Å². The third-order valence-corrected chi connectivity index (χ3v) is 3.85. The third-order valence-electron chi connectivity index (χ3n) is 3.85. The van der Waals surface area contributed by atoms with Crippen LogP contribution in [0.4, 0.5) is 0 Å². The first kappa shape index (κ1) is 11.2. The number of nitrogens with zero attached hydrogens (tertiary/aromatic N) is 1. The summed E-state index contributed by atoms with van der Waals surface area (Å²) < 4.78 is 0. The zero-order valence-corrected chi connectivity index (χ0v) is 10.6. The lowest BCUT2D eigenvalue weighted by atomic mass is 10.0. The summed E-state index contributed by atoms with van der Waals surface area (Å²) in [5.41, 5.74) is 4.97. The number of carboxylic acids is 1. The predicted octanol–water partition coefficient (Wildman–Crippen LogP) is 3.50. The van der Waals surface area contributed by atoms with Crippen molar-refractivity contribution in [2.24, 2.45) is 0 Å². The fourth-order valence-electron chi connectivity index (χ4n) is 2.99. The largest absolute Gasteiger partial charge is 0.478 e. The molecule has 1 heterocycles. The lowest BCUT2D eigenvalue weighted by Crippen LogP contribution is -2.04. The normalized spacial score (nSPS) is 12.2. The van der Waals surface area contributed by atoms with Gasteiger partial charge in [-0.15, -0.1) is 0 Å². The van der Waals surface area contributed by atoms with Gasteiger partial charge in [0.25, 0.3) is 0 Å². The minimum Gasteiger partial charge on any atom is -0.478 e. The van der Waals surface area contributed by atoms with Crippen molar-refractivity contribution in [3.8, 4) is 11.3 Å². The van der Waals surface area contributed by atoms with Crippen LogP contribution in [0.1, 0.15) is 21.5 Å². The van der Waals surface area contributed by atoms with Gasteiger partial charge in [0.15, 0.2) is 0 Å². The fourth-order valence-corrected chi connectivity index (χ4v) is 2.99. The molecule has 3 heteroatoms. The maximum atomic E-state index is 11.7. The van der Waals surface area contributed by atoms with E-state index in [1.807, 2.05) is 48.5 Å². The summed E-state index contributed by atoms with van der Waals surface area (Å²) in [5, 5.41) is 10.3. The average Bonchev–Trinajstić information content (AvgIpc) is 2.82. The number of aromatic nitrogens is 1. The molecule has 0 amide bonds. The van der Waals surface area contributed by atoms with Crippen LogP contribution in [0.5, 0.6) is 0 Å². The fraction of sp³-hybridized carbons (Fsp3) is 0.0588. The molecule has 0 spiro atoms. The SMILES string of the molecule is O=C(O)c1c2c(nc3ccccc13)-c1ccccc1C2. The highest BCUT2D eigenvalue weighted by Gasteiger charge is 2.26. The molecule has 0 radical (unpaired) electrons. The zero-order chi connectivity index (χ0) is 13.7. The standard InChI is InChI=1S/C17H11NO2/c19-17(20)15-12-7-3-4-8-14(12)18-16-11-6-2-1-5-10(11)9-13(15)16/h1-8H,9H2,(H,19,20). The van der Waals surface area contributed by atoms with Crippen molar-refractivity contribution in [2.75, 3.05) is 0 Å². The van der Waals surface area contributed by atoms with E-state index in [1.165, 1.54) is 0 Å². The molecule has 3 aromatic rings. The number of fused-ring (bicyclic) bond motifs is 4. The van der Waals surface area contributed by atoms with Crippen LogP contribution in [0.25, 0.3) is 22.2 Å². The number of hydrogen-bond acceptors (Lipinski definition) is 2. The van der Waals surface area contributed by atoms with Crippen LogP contribution in [0.2, 0.25) is 0 Å². The van der Waals surface area contributed by atoms with Crippen LogP contribution in [0, 0.1) is 0 Å². The molecule has 0 unspecified atom stereocenters. The quantitative estimate of drug-likeness (QED) is 0.570. The zero-order valence-electron chi connectivity index (χ0n) is 10.6. The maximum absolute atomic E-state index is 11.7. The molecular formula is C17H11NO2. The van der Waals surface area contributed by atoms with Crippen LogP contribution in [-0.2, 0) is 6.42 Å². The first-order valence-electron chi connectivity index (χ1n) is 6.49. The third kappa shape index (κ3) is 1.40. The van der Waals surface area contributed by atoms with Crippen LogP contribution < -0.4 is 0 Å². The number of rotatable bonds is 1. The van der Waals surface area contributed by atoms with Gasteiger partial charge in [-0.1, -0.05) is 42.5 Å². The molecule has 0 saturated heterocycles. The predicted molar refractivity (Wildman–Crippen MR) is 76.9 cm³/mol. The first-order chi connectivity index (χ1) is 9.75. The van der Waals surface area contributed by atoms with Crippen molar-refractivity contribution in [2.45, 2.75) is 6.42 Å². The van der Waals surface area contributed by atoms with Gasteiger partial charge in [0, 0.05) is 17.4 Å². The van der Waals surface area contributed by atoms with Gasteiger partial charge in [0.1, 0.15) is 0 Å². The van der Waals surface area contributed by atoms with E-state index in [9.17, 15) is 9.90 Å². The highest BCUT2D eigenvalue weighted by Crippen LogP contribution is 2.39. The van der Waals surface area contributed by atoms with Gasteiger partial charge in [0.05, 0.1) is 16.8 Å². The van der Waals surface area contributed by atoms with Crippen molar-refractivity contribution in [1.82, 2.24) is 4.98 Å². The van der Waals surface area contributed by atoms with Crippen molar-refractivity contribution in [1.29, 1.82) is 0 Å². The molecule has 3 nitrogen and oxygen atoms in total. The van der Waals surface area contributed by atoms with E-state index >= 15 is 0 Å². The van der Waals surface area contributed by atoms with Gasteiger partial charge in [-0.3, -0.25) is 0 Å². The summed E-state index contributed by atoms with van der Waals surface area (Å²) in [7, 11) is 0. The van der Waals surface area contributed by atoms with Gasteiger partial charge in [0.2, 0.25) is 0 Å². The van der Waals surface area contributed by atoms with E-state index in [-0.39, 0.29) is 0 Å². The van der Waals surface area contributed by atoms with Crippen molar-refractivity contribution < 1.29 is 9.90 Å². The number of aromatic carboxylic acids is 1. The van der Waals surface area contributed by atoms with Crippen molar-refractivity contribution in [3.05, 3.63) is 65.2 Å². The lowest BCUT2D eigenvalue weighted by Gasteiger charge is -2.08. The molecule has 1 aliphatic carbocycles. The molecule has 20 heavy (non-hydrogen) atoms. The summed E-state index contributed by atoms with van der Waals surface area (Å²) in [6.45, 7) is 0. The number of para-hydroxylation sites is 1. The molecular weight excluding hydrogens is 250 g/mol. The van der Waals surface area contributed by atoms with E-state index in [0.717, 1.165) is 27.9 Å². The highest BCUT2D eigenvalue weighted by molar-refractivity contribution is 6.06. The van der Waals surface area contributed by atoms with E-state index in [2.05, 4.69) is 4.98 Å². The Labute approximate surface area is 115 Å². The van der Waals surface area contributed by atoms with Crippen LogP contribution in [0.3, 0.4) is 0 Å². The average molecular weight is 261 g/mol. The van der Waals surface area contributed by atoms with Crippen molar-refractivity contribution >= 4 is 16.9 Å². The number of carboxylic acid groups (broad SMARTS) is 1. The van der Waals surface area contributed by atoms with E-state index in [1.54, 1.807) is 0 Å². The molecule has 0 atom stereocenters. The molecule has 0 bridgehead atoms. The van der Waals surface area contributed by atoms with Gasteiger partial charge < -0.3 is 5.11 Å². The summed E-state index contributed by atoms with van der Waals surface area (Å²) in [6, 6.07) is 15.4. The second-order valence-electron chi connectivity index (χ2n) is 4.97. The molecule has 1 aromatic heterocycles. The Bertz CT molecular complexity index is 868. The summed E-state index contributed by atoms with van der Waals surface area (Å²) in [6.07, 6.45) is 0.644. The summed E-state index contributed by atoms with van der Waals surface area (Å²) >= 11 is 0. The molecule has 2 aromatic carbocycles. The summed E-state index contributed by atoms with van der Waals surface area (Å²) in [5.74, 6) is -0.882. The van der Waals surface area contributed by atoms with Crippen molar-refractivity contribution in [3.63, 3.8) is 0 Å². The molecule has 0 saturated carbocycles. The number of benzene rings is 2. The highest BCUT2D eigenvalue weighted by atomic mass is 16.4. The monoisotopic (exact) mass is 261 g/mol. The summed E-state index contributed by atoms with van der Waals surface area (Å²) in [4.78, 5) is 16.4. The van der Waals surface area contributed by atoms with Gasteiger partial charge in [-0.2, -0.15) is 0 Å². The Morgan fingerprint density at radius 3 is 2.65 bits per heavy atom. The molecule has 1 aliphatic rings. The Morgan fingerprint density at radius 1 is 1.05 bits per heavy atom. The van der Waals surface area contributed by atoms with E-state index in [4.69, 9.17) is 0 Å². The van der Waals surface area contributed by atoms with Gasteiger partial charge in [-0.05, 0) is 17.2 Å². The number of hydrogen-bond donors (Lipinski definition) is 1. The first-order valence-corrected chi connectivity index (χ1v) is 6.49. The molecule has 0 fully saturated rings. The number of carbonyl (C=O) groups is 1. The van der Waals surface area contributed by atoms with Gasteiger partial charge in [-0.25, -0.2) is 9.78 Å². The molecule has 4 rings (SSSR count). The van der Waals surface area contributed by atoms with Crippen LogP contribution in [-0.4, -0.2) is 16.1 Å². The topological polar surface area (TPSA) is 50.2 Å². The molecule has 1 N–H and O–H groups in total. The van der Waals surface area contributed by atoms with Crippen LogP contribution in [0.15, 0.2) is 48.5 Å². The Morgan fingerprint density at radius 2 is 1.80 bits per heavy atom. The number of pyridine rings is 1. The van der Waals surface area contributed by atoms with Crippen LogP contribution >= 0.6 is 0 Å². The second kappa shape index (κ2) is 3.90. The van der Waals surface area contributed by atoms with E-state index < -0.39 is 5.97 Å². The smallest absolute Gasteiger partial charge is 0.336 e. The minimum atomic E-state index is -0.882. The lowest BCUT2D eigenvalue weighted by molar-refractivity contribution is 0.0698. The Balaban J connectivity index is 2.15. The Kier molecular flexibility index (Phi) is 2.18. The Hall–Kier alpha value is -2.68. The maximum Gasteiger partial charge on any atom is 0.336 e.